The lowest BCUT2D eigenvalue weighted by Crippen LogP contribution is -2.40. The fourth-order valence-corrected chi connectivity index (χ4v) is 2.00. The van der Waals surface area contributed by atoms with E-state index in [2.05, 4.69) is 26.3 Å². The third-order valence-electron chi connectivity index (χ3n) is 3.35. The van der Waals surface area contributed by atoms with E-state index in [1.165, 1.54) is 0 Å². The molecule has 0 unspecified atom stereocenters. The maximum atomic E-state index is 11.6. The van der Waals surface area contributed by atoms with Gasteiger partial charge in [0.15, 0.2) is 5.96 Å². The highest BCUT2D eigenvalue weighted by molar-refractivity contribution is 14.0. The van der Waals surface area contributed by atoms with Crippen molar-refractivity contribution in [3.8, 4) is 0 Å². The molecule has 0 aromatic rings. The first-order valence-electron chi connectivity index (χ1n) is 9.01. The Bertz CT molecular complexity index is 462. The lowest BCUT2D eigenvalue weighted by molar-refractivity contribution is -0.121. The zero-order chi connectivity index (χ0) is 18.7. The molecule has 152 valence electrons. The fourth-order valence-electron chi connectivity index (χ4n) is 2.00. The standard InChI is InChI=1S/C17H33N5O3.HI/c1-17(2,3)25-16(24)21-12-6-11-20-15(18-4)19-10-5-7-14(23)22-13-8-9-13;/h13H,5-12H2,1-4H3,(H,21,24)(H,22,23)(H2,18,19,20);1H. The summed E-state index contributed by atoms with van der Waals surface area (Å²) in [6.07, 6.45) is 3.87. The van der Waals surface area contributed by atoms with Crippen LogP contribution in [-0.2, 0) is 9.53 Å². The summed E-state index contributed by atoms with van der Waals surface area (Å²) in [6, 6.07) is 0.421. The summed E-state index contributed by atoms with van der Waals surface area (Å²) in [5.41, 5.74) is -0.482. The molecule has 1 aliphatic carbocycles. The number of alkyl carbamates (subject to hydrolysis) is 1. The van der Waals surface area contributed by atoms with E-state index >= 15 is 0 Å². The molecule has 0 aromatic heterocycles. The molecular formula is C17H34IN5O3. The van der Waals surface area contributed by atoms with E-state index in [-0.39, 0.29) is 29.9 Å². The quantitative estimate of drug-likeness (QED) is 0.173. The molecule has 2 amide bonds. The van der Waals surface area contributed by atoms with Crippen molar-refractivity contribution < 1.29 is 14.3 Å². The van der Waals surface area contributed by atoms with Crippen LogP contribution >= 0.6 is 24.0 Å². The van der Waals surface area contributed by atoms with Crippen molar-refractivity contribution in [2.24, 2.45) is 4.99 Å². The molecule has 0 spiro atoms. The Morgan fingerprint density at radius 1 is 1.04 bits per heavy atom. The second-order valence-corrected chi connectivity index (χ2v) is 7.15. The number of amides is 2. The molecule has 0 saturated heterocycles. The van der Waals surface area contributed by atoms with Crippen molar-refractivity contribution >= 4 is 41.9 Å². The molecular weight excluding hydrogens is 449 g/mol. The average molecular weight is 483 g/mol. The minimum atomic E-state index is -0.482. The molecule has 0 bridgehead atoms. The molecule has 0 radical (unpaired) electrons. The normalized spacial score (nSPS) is 14.1. The van der Waals surface area contributed by atoms with Crippen LogP contribution in [0, 0.1) is 0 Å². The highest BCUT2D eigenvalue weighted by Gasteiger charge is 2.22. The first kappa shape index (κ1) is 24.7. The van der Waals surface area contributed by atoms with E-state index in [0.717, 1.165) is 25.7 Å². The van der Waals surface area contributed by atoms with Gasteiger partial charge in [0.25, 0.3) is 0 Å². The van der Waals surface area contributed by atoms with E-state index in [0.29, 0.717) is 38.1 Å². The van der Waals surface area contributed by atoms with Crippen molar-refractivity contribution in [2.75, 3.05) is 26.7 Å². The summed E-state index contributed by atoms with van der Waals surface area (Å²) in [5, 5.41) is 12.0. The lowest BCUT2D eigenvalue weighted by atomic mass is 10.2. The van der Waals surface area contributed by atoms with Crippen LogP contribution in [0.3, 0.4) is 0 Å². The number of carbonyl (C=O) groups is 2. The number of hydrogen-bond donors (Lipinski definition) is 4. The topological polar surface area (TPSA) is 104 Å². The number of hydrogen-bond acceptors (Lipinski definition) is 4. The van der Waals surface area contributed by atoms with Gasteiger partial charge in [-0.15, -0.1) is 24.0 Å². The number of aliphatic imine (C=N–C) groups is 1. The van der Waals surface area contributed by atoms with Crippen LogP contribution in [0.2, 0.25) is 0 Å². The Morgan fingerprint density at radius 2 is 1.62 bits per heavy atom. The van der Waals surface area contributed by atoms with Gasteiger partial charge in [0.05, 0.1) is 0 Å². The number of ether oxygens (including phenoxy) is 1. The summed E-state index contributed by atoms with van der Waals surface area (Å²) in [7, 11) is 1.70. The number of carbonyl (C=O) groups excluding carboxylic acids is 2. The Hall–Kier alpha value is -1.26. The molecule has 0 aromatic carbocycles. The van der Waals surface area contributed by atoms with E-state index < -0.39 is 11.7 Å². The smallest absolute Gasteiger partial charge is 0.407 e. The van der Waals surface area contributed by atoms with Gasteiger partial charge in [-0.2, -0.15) is 0 Å². The van der Waals surface area contributed by atoms with Crippen molar-refractivity contribution in [1.29, 1.82) is 0 Å². The van der Waals surface area contributed by atoms with Gasteiger partial charge in [0.1, 0.15) is 5.60 Å². The van der Waals surface area contributed by atoms with Crippen molar-refractivity contribution in [3.05, 3.63) is 0 Å². The van der Waals surface area contributed by atoms with Crippen LogP contribution < -0.4 is 21.3 Å². The molecule has 0 aliphatic heterocycles. The summed E-state index contributed by atoms with van der Waals surface area (Å²) in [4.78, 5) is 27.2. The van der Waals surface area contributed by atoms with Gasteiger partial charge in [0.2, 0.25) is 5.91 Å². The molecule has 8 nitrogen and oxygen atoms in total. The zero-order valence-corrected chi connectivity index (χ0v) is 18.6. The highest BCUT2D eigenvalue weighted by atomic mass is 127. The molecule has 1 aliphatic rings. The van der Waals surface area contributed by atoms with Crippen LogP contribution in [0.1, 0.15) is 52.9 Å². The van der Waals surface area contributed by atoms with Crippen LogP contribution in [0.15, 0.2) is 4.99 Å². The van der Waals surface area contributed by atoms with Crippen LogP contribution in [-0.4, -0.2) is 56.3 Å². The number of nitrogens with one attached hydrogen (secondary N) is 4. The summed E-state index contributed by atoms with van der Waals surface area (Å²) >= 11 is 0. The maximum Gasteiger partial charge on any atom is 0.407 e. The van der Waals surface area contributed by atoms with Gasteiger partial charge >= 0.3 is 6.09 Å². The van der Waals surface area contributed by atoms with Gasteiger partial charge in [-0.25, -0.2) is 4.79 Å². The van der Waals surface area contributed by atoms with Gasteiger partial charge < -0.3 is 26.0 Å². The number of nitrogens with zero attached hydrogens (tertiary/aromatic N) is 1. The first-order valence-corrected chi connectivity index (χ1v) is 9.01. The SMILES string of the molecule is CN=C(NCCCNC(=O)OC(C)(C)C)NCCCC(=O)NC1CC1.I. The Kier molecular flexibility index (Phi) is 12.4. The van der Waals surface area contributed by atoms with Crippen molar-refractivity contribution in [1.82, 2.24) is 21.3 Å². The van der Waals surface area contributed by atoms with Crippen LogP contribution in [0.4, 0.5) is 4.79 Å². The van der Waals surface area contributed by atoms with Gasteiger partial charge in [-0.3, -0.25) is 9.79 Å². The number of guanidine groups is 1. The Morgan fingerprint density at radius 3 is 2.15 bits per heavy atom. The van der Waals surface area contributed by atoms with Crippen molar-refractivity contribution in [2.45, 2.75) is 64.5 Å². The zero-order valence-electron chi connectivity index (χ0n) is 16.3. The van der Waals surface area contributed by atoms with E-state index in [9.17, 15) is 9.59 Å². The third-order valence-corrected chi connectivity index (χ3v) is 3.35. The molecule has 4 N–H and O–H groups in total. The van der Waals surface area contributed by atoms with Gasteiger partial charge in [-0.05, 0) is 46.5 Å². The molecule has 0 heterocycles. The van der Waals surface area contributed by atoms with Crippen LogP contribution in [0.25, 0.3) is 0 Å². The minimum absolute atomic E-state index is 0. The summed E-state index contributed by atoms with van der Waals surface area (Å²) < 4.78 is 5.16. The second kappa shape index (κ2) is 13.0. The molecule has 1 saturated carbocycles. The molecule has 26 heavy (non-hydrogen) atoms. The number of halogens is 1. The molecule has 1 rings (SSSR count). The molecule has 9 heteroatoms. The Balaban J connectivity index is 0.00000625. The maximum absolute atomic E-state index is 11.6. The summed E-state index contributed by atoms with van der Waals surface area (Å²) in [6.45, 7) is 7.39. The summed E-state index contributed by atoms with van der Waals surface area (Å²) in [5.74, 6) is 0.820. The third kappa shape index (κ3) is 14.0. The van der Waals surface area contributed by atoms with E-state index in [1.54, 1.807) is 7.05 Å². The first-order chi connectivity index (χ1) is 11.8. The van der Waals surface area contributed by atoms with E-state index in [4.69, 9.17) is 4.74 Å². The van der Waals surface area contributed by atoms with E-state index in [1.807, 2.05) is 20.8 Å². The lowest BCUT2D eigenvalue weighted by Gasteiger charge is -2.19. The Labute approximate surface area is 173 Å². The predicted octanol–water partition coefficient (Wildman–Crippen LogP) is 1.74. The monoisotopic (exact) mass is 483 g/mol. The molecule has 1 fully saturated rings. The van der Waals surface area contributed by atoms with Crippen molar-refractivity contribution in [3.63, 3.8) is 0 Å². The predicted molar refractivity (Wildman–Crippen MR) is 114 cm³/mol. The fraction of sp³-hybridized carbons (Fsp3) is 0.824. The second-order valence-electron chi connectivity index (χ2n) is 7.15. The van der Waals surface area contributed by atoms with Gasteiger partial charge in [0, 0.05) is 39.1 Å². The number of rotatable bonds is 9. The minimum Gasteiger partial charge on any atom is -0.444 e. The average Bonchev–Trinajstić information content (AvgIpc) is 3.31. The van der Waals surface area contributed by atoms with Crippen LogP contribution in [0.5, 0.6) is 0 Å². The molecule has 0 atom stereocenters. The largest absolute Gasteiger partial charge is 0.444 e. The van der Waals surface area contributed by atoms with Gasteiger partial charge in [-0.1, -0.05) is 0 Å². The highest BCUT2D eigenvalue weighted by Crippen LogP contribution is 2.18.